The summed E-state index contributed by atoms with van der Waals surface area (Å²) in [5.74, 6) is -0.889. The molecular formula is C23H16F2N2O3. The molecule has 1 aliphatic heterocycles. The van der Waals surface area contributed by atoms with Crippen LogP contribution in [0, 0.1) is 16.5 Å². The smallest absolute Gasteiger partial charge is 0.410 e. The van der Waals surface area contributed by atoms with Gasteiger partial charge in [0.25, 0.3) is 0 Å². The number of nitroso groups, excluding NO2 is 1. The highest BCUT2D eigenvalue weighted by atomic mass is 19.1. The highest BCUT2D eigenvalue weighted by molar-refractivity contribution is 5.80. The van der Waals surface area contributed by atoms with Crippen molar-refractivity contribution in [2.75, 3.05) is 6.54 Å². The minimum atomic E-state index is -0.654. The van der Waals surface area contributed by atoms with Crippen molar-refractivity contribution in [1.82, 2.24) is 4.90 Å². The Kier molecular flexibility index (Phi) is 5.34. The van der Waals surface area contributed by atoms with Gasteiger partial charge in [-0.2, -0.15) is 0 Å². The van der Waals surface area contributed by atoms with E-state index < -0.39 is 23.8 Å². The number of benzene rings is 3. The molecule has 0 aromatic heterocycles. The zero-order chi connectivity index (χ0) is 21.1. The molecule has 5 nitrogen and oxygen atoms in total. The molecule has 0 aliphatic carbocycles. The van der Waals surface area contributed by atoms with Crippen LogP contribution in [0.4, 0.5) is 19.3 Å². The van der Waals surface area contributed by atoms with E-state index in [0.29, 0.717) is 5.57 Å². The standard InChI is InChI=1S/C23H16F2N2O3/c24-17-6-11-21(25)20(13-17)16-12-22(15-4-2-1-3-5-15)27(14-16)23(28)30-19-9-7-18(26-29)8-10-19/h1-13,22H,14H2. The van der Waals surface area contributed by atoms with Gasteiger partial charge < -0.3 is 4.74 Å². The van der Waals surface area contributed by atoms with E-state index in [2.05, 4.69) is 5.18 Å². The van der Waals surface area contributed by atoms with Gasteiger partial charge in [-0.3, -0.25) is 4.90 Å². The van der Waals surface area contributed by atoms with Crippen molar-refractivity contribution in [3.63, 3.8) is 0 Å². The van der Waals surface area contributed by atoms with Gasteiger partial charge in [-0.05, 0) is 58.8 Å². The quantitative estimate of drug-likeness (QED) is 0.499. The van der Waals surface area contributed by atoms with Crippen molar-refractivity contribution < 1.29 is 18.3 Å². The number of halogens is 2. The van der Waals surface area contributed by atoms with Crippen LogP contribution >= 0.6 is 0 Å². The zero-order valence-corrected chi connectivity index (χ0v) is 15.7. The topological polar surface area (TPSA) is 59.0 Å². The highest BCUT2D eigenvalue weighted by Gasteiger charge is 2.33. The molecule has 30 heavy (non-hydrogen) atoms. The monoisotopic (exact) mass is 406 g/mol. The molecule has 0 N–H and O–H groups in total. The second-order valence-electron chi connectivity index (χ2n) is 6.75. The third kappa shape index (κ3) is 3.96. The summed E-state index contributed by atoms with van der Waals surface area (Å²) in [5, 5.41) is 2.80. The van der Waals surface area contributed by atoms with Crippen LogP contribution in [0.2, 0.25) is 0 Å². The summed E-state index contributed by atoms with van der Waals surface area (Å²) >= 11 is 0. The predicted molar refractivity (Wildman–Crippen MR) is 108 cm³/mol. The van der Waals surface area contributed by atoms with Crippen LogP contribution in [0.1, 0.15) is 17.2 Å². The Morgan fingerprint density at radius 2 is 1.73 bits per heavy atom. The molecule has 1 atom stereocenters. The van der Waals surface area contributed by atoms with E-state index in [1.54, 1.807) is 6.08 Å². The summed E-state index contributed by atoms with van der Waals surface area (Å²) in [4.78, 5) is 24.9. The predicted octanol–water partition coefficient (Wildman–Crippen LogP) is 6.00. The first-order chi connectivity index (χ1) is 14.5. The lowest BCUT2D eigenvalue weighted by atomic mass is 10.0. The van der Waals surface area contributed by atoms with Gasteiger partial charge in [0.2, 0.25) is 0 Å². The van der Waals surface area contributed by atoms with Crippen LogP contribution in [-0.4, -0.2) is 17.5 Å². The van der Waals surface area contributed by atoms with Gasteiger partial charge in [-0.1, -0.05) is 36.4 Å². The van der Waals surface area contributed by atoms with Crippen LogP contribution < -0.4 is 4.74 Å². The Morgan fingerprint density at radius 1 is 1.00 bits per heavy atom. The molecule has 0 saturated heterocycles. The molecule has 7 heteroatoms. The van der Waals surface area contributed by atoms with Crippen molar-refractivity contribution in [2.45, 2.75) is 6.04 Å². The maximum absolute atomic E-state index is 14.3. The van der Waals surface area contributed by atoms with Crippen molar-refractivity contribution in [3.8, 4) is 5.75 Å². The summed E-state index contributed by atoms with van der Waals surface area (Å²) in [6.45, 7) is 0.0484. The Labute approximate surface area is 171 Å². The van der Waals surface area contributed by atoms with Gasteiger partial charge in [0.15, 0.2) is 0 Å². The Hall–Kier alpha value is -3.87. The zero-order valence-electron chi connectivity index (χ0n) is 15.7. The van der Waals surface area contributed by atoms with Gasteiger partial charge in [-0.25, -0.2) is 13.6 Å². The lowest BCUT2D eigenvalue weighted by Gasteiger charge is -2.24. The SMILES string of the molecule is O=Nc1ccc(OC(=O)N2CC(c3cc(F)ccc3F)=CC2c2ccccc2)cc1. The molecule has 1 unspecified atom stereocenters. The van der Waals surface area contributed by atoms with E-state index >= 15 is 0 Å². The molecular weight excluding hydrogens is 390 g/mol. The first kappa shape index (κ1) is 19.4. The summed E-state index contributed by atoms with van der Waals surface area (Å²) in [6, 6.07) is 17.7. The molecule has 4 rings (SSSR count). The molecule has 0 spiro atoms. The summed E-state index contributed by atoms with van der Waals surface area (Å²) in [6.07, 6.45) is 1.08. The third-order valence-corrected chi connectivity index (χ3v) is 4.83. The van der Waals surface area contributed by atoms with Crippen LogP contribution in [-0.2, 0) is 0 Å². The molecule has 150 valence electrons. The fourth-order valence-corrected chi connectivity index (χ4v) is 3.37. The molecule has 0 radical (unpaired) electrons. The Bertz CT molecular complexity index is 1120. The highest BCUT2D eigenvalue weighted by Crippen LogP contribution is 2.36. The van der Waals surface area contributed by atoms with E-state index in [9.17, 15) is 18.5 Å². The number of carbonyl (C=O) groups is 1. The van der Waals surface area contributed by atoms with Crippen molar-refractivity contribution in [2.24, 2.45) is 5.18 Å². The largest absolute Gasteiger partial charge is 0.416 e. The second-order valence-corrected chi connectivity index (χ2v) is 6.75. The molecule has 1 heterocycles. The fourth-order valence-electron chi connectivity index (χ4n) is 3.37. The second kappa shape index (κ2) is 8.24. The summed E-state index contributed by atoms with van der Waals surface area (Å²) in [7, 11) is 0. The summed E-state index contributed by atoms with van der Waals surface area (Å²) < 4.78 is 33.4. The first-order valence-electron chi connectivity index (χ1n) is 9.18. The number of hydrogen-bond donors (Lipinski definition) is 0. The van der Waals surface area contributed by atoms with E-state index in [-0.39, 0.29) is 23.5 Å². The molecule has 1 aliphatic rings. The summed E-state index contributed by atoms with van der Waals surface area (Å²) in [5.41, 5.74) is 1.61. The van der Waals surface area contributed by atoms with Gasteiger partial charge in [0.05, 0.1) is 12.6 Å². The van der Waals surface area contributed by atoms with Crippen molar-refractivity contribution in [1.29, 1.82) is 0 Å². The fraction of sp³-hybridized carbons (Fsp3) is 0.0870. The minimum absolute atomic E-state index is 0.0484. The average molecular weight is 406 g/mol. The van der Waals surface area contributed by atoms with E-state index in [1.807, 2.05) is 30.3 Å². The van der Waals surface area contributed by atoms with E-state index in [4.69, 9.17) is 4.74 Å². The lowest BCUT2D eigenvalue weighted by Crippen LogP contribution is -2.34. The maximum atomic E-state index is 14.3. The van der Waals surface area contributed by atoms with E-state index in [1.165, 1.54) is 29.2 Å². The van der Waals surface area contributed by atoms with Gasteiger partial charge in [0.1, 0.15) is 23.1 Å². The van der Waals surface area contributed by atoms with Crippen molar-refractivity contribution in [3.05, 3.63) is 107 Å². The number of nitrogens with zero attached hydrogens (tertiary/aromatic N) is 2. The minimum Gasteiger partial charge on any atom is -0.410 e. The maximum Gasteiger partial charge on any atom is 0.416 e. The molecule has 3 aromatic carbocycles. The molecule has 0 bridgehead atoms. The first-order valence-corrected chi connectivity index (χ1v) is 9.18. The molecule has 0 fully saturated rings. The Balaban J connectivity index is 1.64. The molecule has 0 saturated carbocycles. The number of amides is 1. The number of carbonyl (C=O) groups excluding carboxylic acids is 1. The van der Waals surface area contributed by atoms with Gasteiger partial charge in [-0.15, -0.1) is 4.91 Å². The Morgan fingerprint density at radius 3 is 2.43 bits per heavy atom. The third-order valence-electron chi connectivity index (χ3n) is 4.83. The normalized spacial score (nSPS) is 15.6. The number of ether oxygens (including phenoxy) is 1. The average Bonchev–Trinajstić information content (AvgIpc) is 3.22. The van der Waals surface area contributed by atoms with Gasteiger partial charge >= 0.3 is 6.09 Å². The van der Waals surface area contributed by atoms with Gasteiger partial charge in [0, 0.05) is 5.56 Å². The van der Waals surface area contributed by atoms with Crippen molar-refractivity contribution >= 4 is 17.4 Å². The van der Waals surface area contributed by atoms with E-state index in [0.717, 1.165) is 23.8 Å². The van der Waals surface area contributed by atoms with Crippen LogP contribution in [0.15, 0.2) is 84.0 Å². The van der Waals surface area contributed by atoms with Crippen LogP contribution in [0.5, 0.6) is 5.75 Å². The number of hydrogen-bond acceptors (Lipinski definition) is 4. The van der Waals surface area contributed by atoms with Crippen LogP contribution in [0.25, 0.3) is 5.57 Å². The lowest BCUT2D eigenvalue weighted by molar-refractivity contribution is 0.151. The molecule has 3 aromatic rings. The van der Waals surface area contributed by atoms with Crippen LogP contribution in [0.3, 0.4) is 0 Å². The number of rotatable bonds is 4. The molecule has 1 amide bonds.